The highest BCUT2D eigenvalue weighted by molar-refractivity contribution is 7.17. The van der Waals surface area contributed by atoms with Gasteiger partial charge in [0.1, 0.15) is 17.0 Å². The quantitative estimate of drug-likeness (QED) is 0.659. The van der Waals surface area contributed by atoms with E-state index < -0.39 is 11.2 Å². The van der Waals surface area contributed by atoms with Crippen molar-refractivity contribution in [1.29, 1.82) is 0 Å². The number of aromatic nitrogens is 2. The van der Waals surface area contributed by atoms with Gasteiger partial charge in [0.2, 0.25) is 5.91 Å². The molecule has 7 nitrogen and oxygen atoms in total. The fourth-order valence-electron chi connectivity index (χ4n) is 2.97. The van der Waals surface area contributed by atoms with Gasteiger partial charge in [-0.15, -0.1) is 11.3 Å². The molecular formula is C20H23N3O4S. The first-order chi connectivity index (χ1) is 13.4. The standard InChI is InChI=1S/C20H23N3O4S/c1-13(2)8-10-21-17(24)12-22-15-9-11-28-18(15)19(25)23(20(22)26)14-6-4-5-7-16(14)27-3/h4-7,9,11,13H,8,10,12H2,1-3H3,(H,21,24). The number of hydrogen-bond donors (Lipinski definition) is 1. The van der Waals surface area contributed by atoms with Crippen molar-refractivity contribution in [2.45, 2.75) is 26.8 Å². The van der Waals surface area contributed by atoms with E-state index in [1.165, 1.54) is 23.0 Å². The second kappa shape index (κ2) is 8.43. The van der Waals surface area contributed by atoms with Gasteiger partial charge in [0.05, 0.1) is 18.3 Å². The lowest BCUT2D eigenvalue weighted by molar-refractivity contribution is -0.121. The minimum Gasteiger partial charge on any atom is -0.495 e. The first-order valence-electron chi connectivity index (χ1n) is 9.07. The zero-order chi connectivity index (χ0) is 20.3. The lowest BCUT2D eigenvalue weighted by atomic mass is 10.1. The van der Waals surface area contributed by atoms with Gasteiger partial charge in [-0.05, 0) is 35.9 Å². The molecule has 1 N–H and O–H groups in total. The van der Waals surface area contributed by atoms with Gasteiger partial charge in [-0.3, -0.25) is 14.2 Å². The summed E-state index contributed by atoms with van der Waals surface area (Å²) < 4.78 is 8.14. The van der Waals surface area contributed by atoms with Crippen LogP contribution in [0.15, 0.2) is 45.3 Å². The van der Waals surface area contributed by atoms with Crippen molar-refractivity contribution in [3.8, 4) is 11.4 Å². The maximum Gasteiger partial charge on any atom is 0.336 e. The van der Waals surface area contributed by atoms with Crippen molar-refractivity contribution < 1.29 is 9.53 Å². The van der Waals surface area contributed by atoms with E-state index in [2.05, 4.69) is 19.2 Å². The molecule has 2 heterocycles. The third-order valence-corrected chi connectivity index (χ3v) is 5.32. The van der Waals surface area contributed by atoms with Crippen molar-refractivity contribution in [1.82, 2.24) is 14.5 Å². The van der Waals surface area contributed by atoms with Crippen molar-refractivity contribution in [2.24, 2.45) is 5.92 Å². The number of nitrogens with zero attached hydrogens (tertiary/aromatic N) is 2. The second-order valence-electron chi connectivity index (χ2n) is 6.85. The lowest BCUT2D eigenvalue weighted by Gasteiger charge is -2.14. The topological polar surface area (TPSA) is 82.3 Å². The van der Waals surface area contributed by atoms with Gasteiger partial charge in [0.15, 0.2) is 0 Å². The number of rotatable bonds is 7. The molecule has 3 aromatic rings. The summed E-state index contributed by atoms with van der Waals surface area (Å²) in [6.45, 7) is 4.55. The summed E-state index contributed by atoms with van der Waals surface area (Å²) in [5.41, 5.74) is -0.176. The predicted octanol–water partition coefficient (Wildman–Crippen LogP) is 2.38. The van der Waals surface area contributed by atoms with Crippen LogP contribution >= 0.6 is 11.3 Å². The Morgan fingerprint density at radius 2 is 1.96 bits per heavy atom. The molecule has 0 aliphatic carbocycles. The molecule has 0 fully saturated rings. The van der Waals surface area contributed by atoms with Gasteiger partial charge in [-0.1, -0.05) is 26.0 Å². The summed E-state index contributed by atoms with van der Waals surface area (Å²) in [4.78, 5) is 38.5. The first-order valence-corrected chi connectivity index (χ1v) is 9.95. The van der Waals surface area contributed by atoms with Crippen molar-refractivity contribution in [3.63, 3.8) is 0 Å². The van der Waals surface area contributed by atoms with Gasteiger partial charge in [-0.25, -0.2) is 9.36 Å². The molecule has 0 radical (unpaired) electrons. The molecule has 0 unspecified atom stereocenters. The van der Waals surface area contributed by atoms with Gasteiger partial charge in [-0.2, -0.15) is 0 Å². The monoisotopic (exact) mass is 401 g/mol. The zero-order valence-electron chi connectivity index (χ0n) is 16.1. The second-order valence-corrected chi connectivity index (χ2v) is 7.76. The molecule has 1 aromatic carbocycles. The Kier molecular flexibility index (Phi) is 5.99. The van der Waals surface area contributed by atoms with E-state index in [1.807, 2.05) is 0 Å². The molecule has 2 aromatic heterocycles. The molecule has 0 aliphatic heterocycles. The third kappa shape index (κ3) is 3.87. The molecule has 0 aliphatic rings. The SMILES string of the molecule is COc1ccccc1-n1c(=O)c2sccc2n(CC(=O)NCCC(C)C)c1=O. The molecule has 0 bridgehead atoms. The van der Waals surface area contributed by atoms with Crippen LogP contribution in [0.5, 0.6) is 5.75 Å². The van der Waals surface area contributed by atoms with Crippen LogP contribution in [0.2, 0.25) is 0 Å². The highest BCUT2D eigenvalue weighted by atomic mass is 32.1. The van der Waals surface area contributed by atoms with Crippen LogP contribution < -0.4 is 21.3 Å². The fraction of sp³-hybridized carbons (Fsp3) is 0.350. The molecule has 0 saturated heterocycles. The number of thiophene rings is 1. The molecule has 148 valence electrons. The Hall–Kier alpha value is -2.87. The first kappa shape index (κ1) is 19.9. The Morgan fingerprint density at radius 3 is 2.68 bits per heavy atom. The van der Waals surface area contributed by atoms with E-state index in [1.54, 1.807) is 35.7 Å². The van der Waals surface area contributed by atoms with Crippen LogP contribution in [0.3, 0.4) is 0 Å². The Balaban J connectivity index is 2.09. The molecule has 28 heavy (non-hydrogen) atoms. The van der Waals surface area contributed by atoms with Gasteiger partial charge in [0, 0.05) is 6.54 Å². The van der Waals surface area contributed by atoms with Gasteiger partial charge in [0.25, 0.3) is 5.56 Å². The van der Waals surface area contributed by atoms with Crippen LogP contribution in [0.4, 0.5) is 0 Å². The summed E-state index contributed by atoms with van der Waals surface area (Å²) >= 11 is 1.24. The molecule has 0 atom stereocenters. The summed E-state index contributed by atoms with van der Waals surface area (Å²) in [5, 5.41) is 4.58. The minimum absolute atomic E-state index is 0.153. The van der Waals surface area contributed by atoms with Crippen molar-refractivity contribution in [3.05, 3.63) is 56.5 Å². The van der Waals surface area contributed by atoms with E-state index >= 15 is 0 Å². The summed E-state index contributed by atoms with van der Waals surface area (Å²) in [6, 6.07) is 8.51. The largest absolute Gasteiger partial charge is 0.495 e. The van der Waals surface area contributed by atoms with Crippen LogP contribution in [0.1, 0.15) is 20.3 Å². The predicted molar refractivity (Wildman–Crippen MR) is 111 cm³/mol. The normalized spacial score (nSPS) is 11.1. The number of fused-ring (bicyclic) bond motifs is 1. The molecule has 0 spiro atoms. The number of para-hydroxylation sites is 2. The maximum atomic E-state index is 13.2. The number of benzene rings is 1. The van der Waals surface area contributed by atoms with Crippen LogP contribution in [-0.2, 0) is 11.3 Å². The summed E-state index contributed by atoms with van der Waals surface area (Å²) in [6.07, 6.45) is 0.856. The summed E-state index contributed by atoms with van der Waals surface area (Å²) in [5.74, 6) is 0.616. The van der Waals surface area contributed by atoms with E-state index in [9.17, 15) is 14.4 Å². The maximum absolute atomic E-state index is 13.2. The number of hydrogen-bond acceptors (Lipinski definition) is 5. The zero-order valence-corrected chi connectivity index (χ0v) is 16.9. The summed E-state index contributed by atoms with van der Waals surface area (Å²) in [7, 11) is 1.48. The van der Waals surface area contributed by atoms with Gasteiger partial charge < -0.3 is 10.1 Å². The molecule has 1 amide bonds. The van der Waals surface area contributed by atoms with Crippen molar-refractivity contribution >= 4 is 27.5 Å². The highest BCUT2D eigenvalue weighted by Crippen LogP contribution is 2.21. The van der Waals surface area contributed by atoms with E-state index in [0.29, 0.717) is 34.1 Å². The minimum atomic E-state index is -0.570. The Bertz CT molecular complexity index is 1110. The molecular weight excluding hydrogens is 378 g/mol. The lowest BCUT2D eigenvalue weighted by Crippen LogP contribution is -2.41. The molecule has 3 rings (SSSR count). The number of nitrogens with one attached hydrogen (secondary N) is 1. The number of carbonyl (C=O) groups is 1. The van der Waals surface area contributed by atoms with E-state index in [-0.39, 0.29) is 12.5 Å². The molecule has 8 heteroatoms. The van der Waals surface area contributed by atoms with Gasteiger partial charge >= 0.3 is 5.69 Å². The average molecular weight is 401 g/mol. The fourth-order valence-corrected chi connectivity index (χ4v) is 3.79. The van der Waals surface area contributed by atoms with Crippen LogP contribution in [0.25, 0.3) is 15.9 Å². The number of amides is 1. The number of methoxy groups -OCH3 is 1. The van der Waals surface area contributed by atoms with Crippen LogP contribution in [-0.4, -0.2) is 28.7 Å². The van der Waals surface area contributed by atoms with Crippen LogP contribution in [0, 0.1) is 5.92 Å². The smallest absolute Gasteiger partial charge is 0.336 e. The Morgan fingerprint density at radius 1 is 1.21 bits per heavy atom. The van der Waals surface area contributed by atoms with Crippen molar-refractivity contribution in [2.75, 3.05) is 13.7 Å². The Labute approximate surface area is 166 Å². The van der Waals surface area contributed by atoms with E-state index in [4.69, 9.17) is 4.74 Å². The number of carbonyl (C=O) groups excluding carboxylic acids is 1. The highest BCUT2D eigenvalue weighted by Gasteiger charge is 2.19. The van der Waals surface area contributed by atoms with E-state index in [0.717, 1.165) is 11.0 Å². The average Bonchev–Trinajstić information content (AvgIpc) is 3.15. The molecule has 0 saturated carbocycles. The number of ether oxygens (including phenoxy) is 1. The third-order valence-electron chi connectivity index (χ3n) is 4.43.